The van der Waals surface area contributed by atoms with Crippen molar-refractivity contribution in [2.45, 2.75) is 59.0 Å². The number of rotatable bonds is 4. The van der Waals surface area contributed by atoms with E-state index in [1.165, 1.54) is 19.3 Å². The molecule has 114 valence electrons. The molecule has 1 N–H and O–H groups in total. The van der Waals surface area contributed by atoms with E-state index in [-0.39, 0.29) is 11.7 Å². The molecule has 2 saturated carbocycles. The lowest BCUT2D eigenvalue weighted by atomic mass is 10.1. The molecule has 0 saturated heterocycles. The minimum absolute atomic E-state index is 0.222. The summed E-state index contributed by atoms with van der Waals surface area (Å²) in [6.45, 7) is 5.67. The fourth-order valence-corrected chi connectivity index (χ4v) is 1.69. The van der Waals surface area contributed by atoms with Crippen LogP contribution in [0.25, 0.3) is 0 Å². The van der Waals surface area contributed by atoms with E-state index >= 15 is 0 Å². The van der Waals surface area contributed by atoms with Gasteiger partial charge in [-0.05, 0) is 51.3 Å². The number of nitrogens with zero attached hydrogens (tertiary/aromatic N) is 1. The van der Waals surface area contributed by atoms with Crippen LogP contribution in [0.3, 0.4) is 0 Å². The highest BCUT2D eigenvalue weighted by atomic mass is 16.5. The highest BCUT2D eigenvalue weighted by Crippen LogP contribution is 2.37. The molecule has 2 aliphatic rings. The fraction of sp³-hybridized carbons (Fsp3) is 0.529. The number of ether oxygens (including phenoxy) is 1. The Kier molecular flexibility index (Phi) is 4.99. The third kappa shape index (κ3) is 5.21. The molecule has 4 nitrogen and oxygen atoms in total. The molecule has 3 rings (SSSR count). The number of carbonyl (C=O) groups is 1. The second-order valence-corrected chi connectivity index (χ2v) is 5.88. The highest BCUT2D eigenvalue weighted by Gasteiger charge is 2.25. The van der Waals surface area contributed by atoms with Crippen molar-refractivity contribution in [1.29, 1.82) is 0 Å². The standard InChI is InChI=1S/C14H17NO3.C3H6/c1-8(2)15-13-9(3)6-10(14(16)17)7-12(13)18-11-4-5-11;1-2-3-1/h6-7,11H,4-5H2,1-3H3,(H,16,17);1-3H2. The summed E-state index contributed by atoms with van der Waals surface area (Å²) in [5.41, 5.74) is 2.73. The van der Waals surface area contributed by atoms with Crippen LogP contribution in [0.4, 0.5) is 5.69 Å². The molecule has 0 aromatic heterocycles. The summed E-state index contributed by atoms with van der Waals surface area (Å²) in [5, 5.41) is 9.06. The van der Waals surface area contributed by atoms with E-state index in [0.717, 1.165) is 29.8 Å². The second kappa shape index (κ2) is 6.74. The molecule has 0 spiro atoms. The van der Waals surface area contributed by atoms with E-state index in [4.69, 9.17) is 9.84 Å². The number of hydrogen-bond donors (Lipinski definition) is 1. The van der Waals surface area contributed by atoms with Crippen LogP contribution in [-0.4, -0.2) is 22.9 Å². The van der Waals surface area contributed by atoms with Crippen molar-refractivity contribution in [3.63, 3.8) is 0 Å². The van der Waals surface area contributed by atoms with Gasteiger partial charge in [0.05, 0.1) is 11.7 Å². The van der Waals surface area contributed by atoms with Gasteiger partial charge in [-0.2, -0.15) is 0 Å². The molecule has 0 bridgehead atoms. The maximum Gasteiger partial charge on any atom is 0.335 e. The predicted molar refractivity (Wildman–Crippen MR) is 84.1 cm³/mol. The van der Waals surface area contributed by atoms with Crippen molar-refractivity contribution in [3.8, 4) is 5.75 Å². The first-order valence-corrected chi connectivity index (χ1v) is 7.54. The van der Waals surface area contributed by atoms with Gasteiger partial charge in [-0.25, -0.2) is 4.79 Å². The Balaban J connectivity index is 0.000000477. The number of aromatic carboxylic acids is 1. The van der Waals surface area contributed by atoms with Crippen molar-refractivity contribution in [1.82, 2.24) is 0 Å². The second-order valence-electron chi connectivity index (χ2n) is 5.88. The van der Waals surface area contributed by atoms with Crippen LogP contribution in [0.1, 0.15) is 61.9 Å². The minimum Gasteiger partial charge on any atom is -0.488 e. The van der Waals surface area contributed by atoms with E-state index in [9.17, 15) is 4.79 Å². The Labute approximate surface area is 125 Å². The van der Waals surface area contributed by atoms with Gasteiger partial charge in [-0.15, -0.1) is 0 Å². The molecule has 0 radical (unpaired) electrons. The largest absolute Gasteiger partial charge is 0.488 e. The Morgan fingerprint density at radius 3 is 2.29 bits per heavy atom. The molecule has 0 amide bonds. The quantitative estimate of drug-likeness (QED) is 0.829. The fourth-order valence-electron chi connectivity index (χ4n) is 1.69. The molecule has 1 aromatic rings. The average molecular weight is 289 g/mol. The zero-order chi connectivity index (χ0) is 15.4. The number of aryl methyl sites for hydroxylation is 1. The Hall–Kier alpha value is -1.84. The SMILES string of the molecule is C1CC1.CC(C)=Nc1c(C)cc(C(=O)O)cc1OC1CC1. The van der Waals surface area contributed by atoms with Crippen LogP contribution in [-0.2, 0) is 0 Å². The molecule has 0 unspecified atom stereocenters. The van der Waals surface area contributed by atoms with Gasteiger partial charge in [0.2, 0.25) is 0 Å². The molecular weight excluding hydrogens is 266 g/mol. The zero-order valence-electron chi connectivity index (χ0n) is 13.0. The van der Waals surface area contributed by atoms with E-state index in [1.54, 1.807) is 12.1 Å². The van der Waals surface area contributed by atoms with Crippen LogP contribution in [0.2, 0.25) is 0 Å². The Bertz CT molecular complexity index is 551. The third-order valence-corrected chi connectivity index (χ3v) is 3.02. The number of hydrogen-bond acceptors (Lipinski definition) is 3. The van der Waals surface area contributed by atoms with Gasteiger partial charge in [-0.1, -0.05) is 19.3 Å². The summed E-state index contributed by atoms with van der Waals surface area (Å²) in [4.78, 5) is 15.5. The summed E-state index contributed by atoms with van der Waals surface area (Å²) in [6, 6.07) is 3.19. The van der Waals surface area contributed by atoms with Gasteiger partial charge in [0.15, 0.2) is 0 Å². The topological polar surface area (TPSA) is 58.9 Å². The smallest absolute Gasteiger partial charge is 0.335 e. The Morgan fingerprint density at radius 2 is 1.86 bits per heavy atom. The summed E-state index contributed by atoms with van der Waals surface area (Å²) in [6.07, 6.45) is 6.79. The normalized spacial score (nSPS) is 15.6. The number of carboxylic acid groups (broad SMARTS) is 1. The Morgan fingerprint density at radius 1 is 1.24 bits per heavy atom. The third-order valence-electron chi connectivity index (χ3n) is 3.02. The van der Waals surface area contributed by atoms with Crippen molar-refractivity contribution in [2.75, 3.05) is 0 Å². The minimum atomic E-state index is -0.942. The van der Waals surface area contributed by atoms with E-state index in [1.807, 2.05) is 20.8 Å². The summed E-state index contributed by atoms with van der Waals surface area (Å²) in [7, 11) is 0. The van der Waals surface area contributed by atoms with Gasteiger partial charge < -0.3 is 9.84 Å². The maximum absolute atomic E-state index is 11.0. The van der Waals surface area contributed by atoms with Gasteiger partial charge in [0.1, 0.15) is 11.4 Å². The number of aliphatic imine (C=N–C) groups is 1. The van der Waals surface area contributed by atoms with Crippen LogP contribution < -0.4 is 4.74 Å². The highest BCUT2D eigenvalue weighted by molar-refractivity contribution is 5.90. The molecule has 0 atom stereocenters. The number of carboxylic acids is 1. The summed E-state index contributed by atoms with van der Waals surface area (Å²) < 4.78 is 5.76. The zero-order valence-corrected chi connectivity index (χ0v) is 13.0. The van der Waals surface area contributed by atoms with E-state index in [0.29, 0.717) is 5.75 Å². The van der Waals surface area contributed by atoms with Crippen LogP contribution in [0.5, 0.6) is 5.75 Å². The lowest BCUT2D eigenvalue weighted by Gasteiger charge is -2.12. The van der Waals surface area contributed by atoms with Gasteiger partial charge in [0, 0.05) is 5.71 Å². The van der Waals surface area contributed by atoms with E-state index in [2.05, 4.69) is 4.99 Å². The summed E-state index contributed by atoms with van der Waals surface area (Å²) in [5.74, 6) is -0.362. The lowest BCUT2D eigenvalue weighted by Crippen LogP contribution is -2.02. The van der Waals surface area contributed by atoms with E-state index < -0.39 is 5.97 Å². The lowest BCUT2D eigenvalue weighted by molar-refractivity contribution is 0.0696. The van der Waals surface area contributed by atoms with Gasteiger partial charge in [0.25, 0.3) is 0 Å². The molecular formula is C17H23NO3. The monoisotopic (exact) mass is 289 g/mol. The molecule has 2 aliphatic carbocycles. The van der Waals surface area contributed by atoms with Gasteiger partial charge in [-0.3, -0.25) is 4.99 Å². The van der Waals surface area contributed by atoms with Crippen molar-refractivity contribution in [2.24, 2.45) is 4.99 Å². The first-order chi connectivity index (χ1) is 9.97. The average Bonchev–Trinajstić information content (AvgIpc) is 3.27. The van der Waals surface area contributed by atoms with Crippen molar-refractivity contribution < 1.29 is 14.6 Å². The van der Waals surface area contributed by atoms with Crippen LogP contribution in [0.15, 0.2) is 17.1 Å². The predicted octanol–water partition coefficient (Wildman–Crippen LogP) is 4.52. The first kappa shape index (κ1) is 15.5. The van der Waals surface area contributed by atoms with Gasteiger partial charge >= 0.3 is 5.97 Å². The van der Waals surface area contributed by atoms with Crippen LogP contribution >= 0.6 is 0 Å². The molecule has 4 heteroatoms. The first-order valence-electron chi connectivity index (χ1n) is 7.54. The number of benzene rings is 1. The molecule has 21 heavy (non-hydrogen) atoms. The molecule has 0 aliphatic heterocycles. The summed E-state index contributed by atoms with van der Waals surface area (Å²) >= 11 is 0. The van der Waals surface area contributed by atoms with Crippen molar-refractivity contribution in [3.05, 3.63) is 23.3 Å². The molecule has 1 aromatic carbocycles. The maximum atomic E-state index is 11.0. The molecule has 2 fully saturated rings. The van der Waals surface area contributed by atoms with Crippen LogP contribution in [0, 0.1) is 6.92 Å². The van der Waals surface area contributed by atoms with Crippen molar-refractivity contribution >= 4 is 17.4 Å². The molecule has 0 heterocycles.